The van der Waals surface area contributed by atoms with E-state index in [1.807, 2.05) is 0 Å². The van der Waals surface area contributed by atoms with Gasteiger partial charge in [-0.3, -0.25) is 4.99 Å². The van der Waals surface area contributed by atoms with Gasteiger partial charge in [-0.2, -0.15) is 0 Å². The van der Waals surface area contributed by atoms with E-state index >= 15 is 0 Å². The monoisotopic (exact) mass is 256 g/mol. The van der Waals surface area contributed by atoms with Gasteiger partial charge < -0.3 is 10.1 Å². The molecule has 94 valence electrons. The Hall–Kier alpha value is -1.56. The average molecular weight is 256 g/mol. The molecule has 5 nitrogen and oxygen atoms in total. The first-order chi connectivity index (χ1) is 7.86. The van der Waals surface area contributed by atoms with Crippen LogP contribution < -0.4 is 10.1 Å². The number of hydrogen-bond donors (Lipinski definition) is 1. The number of benzene rings is 1. The van der Waals surface area contributed by atoms with Crippen molar-refractivity contribution in [3.05, 3.63) is 18.2 Å². The molecule has 0 fully saturated rings. The first-order valence-corrected chi connectivity index (χ1v) is 6.85. The molecule has 1 aromatic rings. The smallest absolute Gasteiger partial charge is 0.175 e. The maximum atomic E-state index is 11.5. The van der Waals surface area contributed by atoms with E-state index in [-0.39, 0.29) is 4.90 Å². The van der Waals surface area contributed by atoms with Crippen LogP contribution in [-0.4, -0.2) is 34.7 Å². The highest BCUT2D eigenvalue weighted by molar-refractivity contribution is 7.90. The number of amidine groups is 1. The highest BCUT2D eigenvalue weighted by atomic mass is 32.2. The summed E-state index contributed by atoms with van der Waals surface area (Å²) in [6.07, 6.45) is 1.16. The number of aliphatic imine (C=N–C) groups is 1. The summed E-state index contributed by atoms with van der Waals surface area (Å²) in [6.45, 7) is 1.79. The Balaban J connectivity index is 3.24. The van der Waals surface area contributed by atoms with Crippen molar-refractivity contribution in [2.24, 2.45) is 4.99 Å². The van der Waals surface area contributed by atoms with Gasteiger partial charge in [-0.1, -0.05) is 0 Å². The van der Waals surface area contributed by atoms with Gasteiger partial charge in [0.2, 0.25) is 0 Å². The molecular weight excluding hydrogens is 240 g/mol. The van der Waals surface area contributed by atoms with Gasteiger partial charge in [-0.05, 0) is 19.1 Å². The van der Waals surface area contributed by atoms with Crippen LogP contribution in [-0.2, 0) is 9.84 Å². The largest absolute Gasteiger partial charge is 0.497 e. The van der Waals surface area contributed by atoms with E-state index in [2.05, 4.69) is 10.3 Å². The van der Waals surface area contributed by atoms with Crippen LogP contribution in [0.25, 0.3) is 0 Å². The molecule has 0 atom stereocenters. The molecular formula is C11H16N2O3S. The molecule has 0 amide bonds. The maximum Gasteiger partial charge on any atom is 0.175 e. The van der Waals surface area contributed by atoms with Gasteiger partial charge in [-0.15, -0.1) is 0 Å². The van der Waals surface area contributed by atoms with Crippen LogP contribution in [0.3, 0.4) is 0 Å². The fourth-order valence-electron chi connectivity index (χ4n) is 1.24. The van der Waals surface area contributed by atoms with E-state index in [0.29, 0.717) is 17.3 Å². The molecule has 0 radical (unpaired) electrons. The Morgan fingerprint density at radius 2 is 2.00 bits per heavy atom. The van der Waals surface area contributed by atoms with Crippen LogP contribution in [0.5, 0.6) is 5.75 Å². The summed E-state index contributed by atoms with van der Waals surface area (Å²) in [5, 5.41) is 2.98. The third kappa shape index (κ3) is 3.74. The lowest BCUT2D eigenvalue weighted by Crippen LogP contribution is -2.08. The van der Waals surface area contributed by atoms with Crippen LogP contribution in [0.15, 0.2) is 28.1 Å². The molecule has 1 N–H and O–H groups in total. The lowest BCUT2D eigenvalue weighted by molar-refractivity contribution is 0.413. The van der Waals surface area contributed by atoms with E-state index in [1.54, 1.807) is 26.1 Å². The first-order valence-electron chi connectivity index (χ1n) is 4.96. The molecule has 0 aliphatic heterocycles. The van der Waals surface area contributed by atoms with Gasteiger partial charge >= 0.3 is 0 Å². The summed E-state index contributed by atoms with van der Waals surface area (Å²) < 4.78 is 28.1. The summed E-state index contributed by atoms with van der Waals surface area (Å²) in [6, 6.07) is 4.74. The molecule has 0 saturated heterocycles. The molecule has 0 bridgehead atoms. The zero-order valence-corrected chi connectivity index (χ0v) is 11.1. The van der Waals surface area contributed by atoms with Crippen molar-refractivity contribution >= 4 is 21.4 Å². The fraction of sp³-hybridized carbons (Fsp3) is 0.364. The van der Waals surface area contributed by atoms with Crippen LogP contribution in [0, 0.1) is 0 Å². The van der Waals surface area contributed by atoms with Crippen LogP contribution in [0.1, 0.15) is 6.92 Å². The molecule has 0 unspecified atom stereocenters. The van der Waals surface area contributed by atoms with E-state index in [9.17, 15) is 8.42 Å². The average Bonchev–Trinajstić information content (AvgIpc) is 2.27. The Morgan fingerprint density at radius 1 is 1.35 bits per heavy atom. The molecule has 1 rings (SSSR count). The molecule has 6 heteroatoms. The molecule has 0 aromatic heterocycles. The molecule has 17 heavy (non-hydrogen) atoms. The van der Waals surface area contributed by atoms with Gasteiger partial charge in [0.15, 0.2) is 9.84 Å². The Morgan fingerprint density at radius 3 is 2.47 bits per heavy atom. The minimum atomic E-state index is -3.26. The van der Waals surface area contributed by atoms with Crippen LogP contribution in [0.4, 0.5) is 5.69 Å². The van der Waals surface area contributed by atoms with Gasteiger partial charge in [0.05, 0.1) is 17.8 Å². The zero-order chi connectivity index (χ0) is 13.1. The van der Waals surface area contributed by atoms with Crippen molar-refractivity contribution in [1.29, 1.82) is 0 Å². The molecule has 0 saturated carbocycles. The lowest BCUT2D eigenvalue weighted by Gasteiger charge is -2.09. The van der Waals surface area contributed by atoms with Gasteiger partial charge in [0.1, 0.15) is 5.75 Å². The predicted octanol–water partition coefficient (Wildman–Crippen LogP) is 1.56. The minimum absolute atomic E-state index is 0.211. The van der Waals surface area contributed by atoms with Crippen LogP contribution >= 0.6 is 0 Å². The normalized spacial score (nSPS) is 12.4. The Bertz CT molecular complexity index is 536. The number of hydrogen-bond acceptors (Lipinski definition) is 4. The van der Waals surface area contributed by atoms with E-state index in [1.165, 1.54) is 13.2 Å². The third-order valence-corrected chi connectivity index (χ3v) is 3.30. The SMILES string of the molecule is CN=C(C)Nc1cc(OC)cc(S(C)(=O)=O)c1. The Labute approximate surface area is 101 Å². The van der Waals surface area contributed by atoms with Crippen molar-refractivity contribution in [3.63, 3.8) is 0 Å². The summed E-state index contributed by atoms with van der Waals surface area (Å²) in [4.78, 5) is 4.16. The number of anilines is 1. The number of sulfone groups is 1. The number of methoxy groups -OCH3 is 1. The second-order valence-corrected chi connectivity index (χ2v) is 5.62. The number of rotatable bonds is 3. The number of nitrogens with zero attached hydrogens (tertiary/aromatic N) is 1. The topological polar surface area (TPSA) is 67.8 Å². The van der Waals surface area contributed by atoms with Crippen molar-refractivity contribution < 1.29 is 13.2 Å². The third-order valence-electron chi connectivity index (χ3n) is 2.20. The van der Waals surface area contributed by atoms with E-state index < -0.39 is 9.84 Å². The molecule has 0 aliphatic carbocycles. The second-order valence-electron chi connectivity index (χ2n) is 3.60. The van der Waals surface area contributed by atoms with E-state index in [0.717, 1.165) is 6.26 Å². The van der Waals surface area contributed by atoms with Crippen molar-refractivity contribution in [1.82, 2.24) is 0 Å². The second kappa shape index (κ2) is 5.18. The summed E-state index contributed by atoms with van der Waals surface area (Å²) in [5.41, 5.74) is 0.632. The standard InChI is InChI=1S/C11H16N2O3S/c1-8(12-2)13-9-5-10(16-3)7-11(6-9)17(4,14)15/h5-7H,1-4H3,(H,12,13). The van der Waals surface area contributed by atoms with E-state index in [4.69, 9.17) is 4.74 Å². The first kappa shape index (κ1) is 13.5. The quantitative estimate of drug-likeness (QED) is 0.658. The molecule has 0 heterocycles. The number of ether oxygens (including phenoxy) is 1. The maximum absolute atomic E-state index is 11.5. The number of nitrogens with one attached hydrogen (secondary N) is 1. The molecule has 0 aliphatic rings. The van der Waals surface area contributed by atoms with Crippen molar-refractivity contribution in [2.45, 2.75) is 11.8 Å². The Kier molecular flexibility index (Phi) is 4.11. The van der Waals surface area contributed by atoms with Crippen LogP contribution in [0.2, 0.25) is 0 Å². The molecule has 0 spiro atoms. The summed E-state index contributed by atoms with van der Waals surface area (Å²) >= 11 is 0. The highest BCUT2D eigenvalue weighted by Crippen LogP contribution is 2.23. The zero-order valence-electron chi connectivity index (χ0n) is 10.3. The predicted molar refractivity (Wildman–Crippen MR) is 68.8 cm³/mol. The molecule has 1 aromatic carbocycles. The van der Waals surface area contributed by atoms with Gasteiger partial charge in [0, 0.05) is 25.1 Å². The summed E-state index contributed by atoms with van der Waals surface area (Å²) in [7, 11) is -0.116. The lowest BCUT2D eigenvalue weighted by atomic mass is 10.3. The minimum Gasteiger partial charge on any atom is -0.497 e. The fourth-order valence-corrected chi connectivity index (χ4v) is 1.91. The van der Waals surface area contributed by atoms with Crippen molar-refractivity contribution in [2.75, 3.05) is 25.7 Å². The van der Waals surface area contributed by atoms with Crippen molar-refractivity contribution in [3.8, 4) is 5.75 Å². The van der Waals surface area contributed by atoms with Gasteiger partial charge in [-0.25, -0.2) is 8.42 Å². The van der Waals surface area contributed by atoms with Gasteiger partial charge in [0.25, 0.3) is 0 Å². The summed E-state index contributed by atoms with van der Waals surface area (Å²) in [5.74, 6) is 1.18. The highest BCUT2D eigenvalue weighted by Gasteiger charge is 2.10.